The van der Waals surface area contributed by atoms with Crippen molar-refractivity contribution in [2.75, 3.05) is 13.1 Å². The van der Waals surface area contributed by atoms with Crippen molar-refractivity contribution >= 4 is 0 Å². The first kappa shape index (κ1) is 15.0. The van der Waals surface area contributed by atoms with Gasteiger partial charge in [-0.3, -0.25) is 0 Å². The highest BCUT2D eigenvalue weighted by molar-refractivity contribution is 4.77. The van der Waals surface area contributed by atoms with Crippen LogP contribution in [0.3, 0.4) is 0 Å². The largest absolute Gasteiger partial charge is 0.375 e. The van der Waals surface area contributed by atoms with Crippen LogP contribution >= 0.6 is 0 Å². The van der Waals surface area contributed by atoms with Crippen LogP contribution in [0.1, 0.15) is 53.9 Å². The minimum absolute atomic E-state index is 0.483. The average molecular weight is 241 g/mol. The SMILES string of the molecule is CC(C)CNCC(CC1CCC(C)O1)C(C)C. The third-order valence-electron chi connectivity index (χ3n) is 3.79. The minimum Gasteiger partial charge on any atom is -0.375 e. The molecule has 0 bridgehead atoms. The third kappa shape index (κ3) is 5.87. The van der Waals surface area contributed by atoms with Crippen LogP contribution in [-0.4, -0.2) is 25.3 Å². The molecule has 0 aromatic carbocycles. The van der Waals surface area contributed by atoms with Gasteiger partial charge >= 0.3 is 0 Å². The number of ether oxygens (including phenoxy) is 1. The molecule has 2 heteroatoms. The smallest absolute Gasteiger partial charge is 0.0583 e. The Hall–Kier alpha value is -0.0800. The first-order valence-electron chi connectivity index (χ1n) is 7.35. The van der Waals surface area contributed by atoms with Crippen LogP contribution in [0.4, 0.5) is 0 Å². The first-order chi connectivity index (χ1) is 7.99. The molecular weight excluding hydrogens is 210 g/mol. The second-order valence-corrected chi connectivity index (χ2v) is 6.44. The predicted octanol–water partition coefficient (Wildman–Crippen LogP) is 3.46. The van der Waals surface area contributed by atoms with E-state index in [1.54, 1.807) is 0 Å². The van der Waals surface area contributed by atoms with E-state index in [2.05, 4.69) is 39.9 Å². The Morgan fingerprint density at radius 3 is 2.29 bits per heavy atom. The Bertz CT molecular complexity index is 203. The highest BCUT2D eigenvalue weighted by Gasteiger charge is 2.26. The molecule has 0 saturated carbocycles. The summed E-state index contributed by atoms with van der Waals surface area (Å²) in [5.74, 6) is 2.24. The van der Waals surface area contributed by atoms with E-state index in [9.17, 15) is 0 Å². The van der Waals surface area contributed by atoms with Gasteiger partial charge in [-0.1, -0.05) is 27.7 Å². The maximum atomic E-state index is 5.94. The summed E-state index contributed by atoms with van der Waals surface area (Å²) in [6, 6.07) is 0. The third-order valence-corrected chi connectivity index (χ3v) is 3.79. The zero-order valence-electron chi connectivity index (χ0n) is 12.3. The van der Waals surface area contributed by atoms with Crippen LogP contribution in [0.2, 0.25) is 0 Å². The number of rotatable bonds is 7. The summed E-state index contributed by atoms with van der Waals surface area (Å²) < 4.78 is 5.94. The van der Waals surface area contributed by atoms with Crippen molar-refractivity contribution in [2.24, 2.45) is 17.8 Å². The van der Waals surface area contributed by atoms with Gasteiger partial charge in [-0.15, -0.1) is 0 Å². The summed E-state index contributed by atoms with van der Waals surface area (Å²) in [5.41, 5.74) is 0. The summed E-state index contributed by atoms with van der Waals surface area (Å²) >= 11 is 0. The first-order valence-corrected chi connectivity index (χ1v) is 7.35. The molecule has 102 valence electrons. The Balaban J connectivity index is 2.28. The summed E-state index contributed by atoms with van der Waals surface area (Å²) in [6.07, 6.45) is 4.73. The number of hydrogen-bond acceptors (Lipinski definition) is 2. The van der Waals surface area contributed by atoms with Gasteiger partial charge in [-0.2, -0.15) is 0 Å². The molecule has 1 fully saturated rings. The fourth-order valence-corrected chi connectivity index (χ4v) is 2.54. The Morgan fingerprint density at radius 2 is 1.82 bits per heavy atom. The van der Waals surface area contributed by atoms with E-state index < -0.39 is 0 Å². The van der Waals surface area contributed by atoms with Gasteiger partial charge in [0.25, 0.3) is 0 Å². The molecular formula is C15H31NO. The molecule has 0 spiro atoms. The molecule has 0 radical (unpaired) electrons. The molecule has 1 aliphatic rings. The van der Waals surface area contributed by atoms with Gasteiger partial charge in [-0.25, -0.2) is 0 Å². The average Bonchev–Trinajstić information content (AvgIpc) is 2.62. The van der Waals surface area contributed by atoms with Gasteiger partial charge < -0.3 is 10.1 Å². The van der Waals surface area contributed by atoms with Crippen LogP contribution in [0.25, 0.3) is 0 Å². The maximum Gasteiger partial charge on any atom is 0.0583 e. The maximum absolute atomic E-state index is 5.94. The van der Waals surface area contributed by atoms with Gasteiger partial charge in [0.1, 0.15) is 0 Å². The van der Waals surface area contributed by atoms with Crippen molar-refractivity contribution in [2.45, 2.75) is 66.1 Å². The van der Waals surface area contributed by atoms with Crippen molar-refractivity contribution in [1.29, 1.82) is 0 Å². The Labute approximate surface area is 108 Å². The Morgan fingerprint density at radius 1 is 1.12 bits per heavy atom. The van der Waals surface area contributed by atoms with Crippen molar-refractivity contribution in [3.8, 4) is 0 Å². The zero-order valence-corrected chi connectivity index (χ0v) is 12.3. The molecule has 1 saturated heterocycles. The molecule has 0 aliphatic carbocycles. The van der Waals surface area contributed by atoms with Gasteiger partial charge in [0.15, 0.2) is 0 Å². The van der Waals surface area contributed by atoms with Crippen molar-refractivity contribution in [3.63, 3.8) is 0 Å². The van der Waals surface area contributed by atoms with Gasteiger partial charge in [0.05, 0.1) is 12.2 Å². The van der Waals surface area contributed by atoms with Crippen molar-refractivity contribution < 1.29 is 4.74 Å². The van der Waals surface area contributed by atoms with E-state index in [-0.39, 0.29) is 0 Å². The molecule has 0 aromatic rings. The molecule has 1 rings (SSSR count). The molecule has 2 nitrogen and oxygen atoms in total. The van der Waals surface area contributed by atoms with Crippen LogP contribution in [0.5, 0.6) is 0 Å². The van der Waals surface area contributed by atoms with E-state index in [1.807, 2.05) is 0 Å². The van der Waals surface area contributed by atoms with E-state index in [0.717, 1.165) is 30.8 Å². The second kappa shape index (κ2) is 7.38. The second-order valence-electron chi connectivity index (χ2n) is 6.44. The molecule has 17 heavy (non-hydrogen) atoms. The van der Waals surface area contributed by atoms with Crippen LogP contribution in [0, 0.1) is 17.8 Å². The topological polar surface area (TPSA) is 21.3 Å². The van der Waals surface area contributed by atoms with E-state index in [1.165, 1.54) is 19.3 Å². The molecule has 0 amide bonds. The molecule has 3 atom stereocenters. The summed E-state index contributed by atoms with van der Waals surface area (Å²) in [4.78, 5) is 0. The minimum atomic E-state index is 0.483. The predicted molar refractivity (Wildman–Crippen MR) is 74.2 cm³/mol. The fraction of sp³-hybridized carbons (Fsp3) is 1.00. The lowest BCUT2D eigenvalue weighted by Gasteiger charge is -2.25. The Kier molecular flexibility index (Phi) is 6.50. The van der Waals surface area contributed by atoms with Gasteiger partial charge in [-0.05, 0) is 57.0 Å². The van der Waals surface area contributed by atoms with Crippen molar-refractivity contribution in [1.82, 2.24) is 5.32 Å². The summed E-state index contributed by atoms with van der Waals surface area (Å²) in [5, 5.41) is 3.60. The highest BCUT2D eigenvalue weighted by Crippen LogP contribution is 2.27. The molecule has 1 aliphatic heterocycles. The highest BCUT2D eigenvalue weighted by atomic mass is 16.5. The normalized spacial score (nSPS) is 27.0. The number of hydrogen-bond donors (Lipinski definition) is 1. The quantitative estimate of drug-likeness (QED) is 0.737. The zero-order chi connectivity index (χ0) is 12.8. The lowest BCUT2D eigenvalue weighted by Crippen LogP contribution is -2.31. The monoisotopic (exact) mass is 241 g/mol. The van der Waals surface area contributed by atoms with E-state index in [4.69, 9.17) is 4.74 Å². The fourth-order valence-electron chi connectivity index (χ4n) is 2.54. The molecule has 1 heterocycles. The summed E-state index contributed by atoms with van der Waals surface area (Å²) in [6.45, 7) is 13.7. The van der Waals surface area contributed by atoms with Crippen LogP contribution in [0.15, 0.2) is 0 Å². The number of nitrogens with one attached hydrogen (secondary N) is 1. The molecule has 1 N–H and O–H groups in total. The van der Waals surface area contributed by atoms with Crippen LogP contribution < -0.4 is 5.32 Å². The van der Waals surface area contributed by atoms with Gasteiger partial charge in [0.2, 0.25) is 0 Å². The lowest BCUT2D eigenvalue weighted by molar-refractivity contribution is 0.0360. The molecule has 3 unspecified atom stereocenters. The van der Waals surface area contributed by atoms with E-state index >= 15 is 0 Å². The lowest BCUT2D eigenvalue weighted by atomic mass is 9.89. The van der Waals surface area contributed by atoms with E-state index in [0.29, 0.717) is 12.2 Å². The molecule has 0 aromatic heterocycles. The standard InChI is InChI=1S/C15H31NO/c1-11(2)9-16-10-14(12(3)4)8-15-7-6-13(5)17-15/h11-16H,6-10H2,1-5H3. The van der Waals surface area contributed by atoms with Gasteiger partial charge in [0, 0.05) is 0 Å². The summed E-state index contributed by atoms with van der Waals surface area (Å²) in [7, 11) is 0. The van der Waals surface area contributed by atoms with Crippen molar-refractivity contribution in [3.05, 3.63) is 0 Å². The van der Waals surface area contributed by atoms with Crippen LogP contribution in [-0.2, 0) is 4.74 Å².